The van der Waals surface area contributed by atoms with Crippen LogP contribution in [0.15, 0.2) is 103 Å². The minimum absolute atomic E-state index is 0.0305. The number of allylic oxidation sites excluding steroid dienone is 5. The fraction of sp³-hybridized carbons (Fsp3) is 0.0690. The highest BCUT2D eigenvalue weighted by Gasteiger charge is 2.23. The Labute approximate surface area is 177 Å². The van der Waals surface area contributed by atoms with E-state index in [1.165, 1.54) is 50.1 Å². The maximum atomic E-state index is 11.8. The zero-order valence-electron chi connectivity index (χ0n) is 17.1. The molecular weight excluding hydrogens is 364 g/mol. The van der Waals surface area contributed by atoms with Crippen LogP contribution >= 0.6 is 0 Å². The number of aryl methyl sites for hydroxylation is 2. The van der Waals surface area contributed by atoms with Gasteiger partial charge in [-0.15, -0.1) is 0 Å². The van der Waals surface area contributed by atoms with Crippen LogP contribution in [0.5, 0.6) is 0 Å². The van der Waals surface area contributed by atoms with Crippen molar-refractivity contribution in [3.05, 3.63) is 125 Å². The number of fused-ring (bicyclic) bond motifs is 2. The summed E-state index contributed by atoms with van der Waals surface area (Å²) in [5.41, 5.74) is 12.1. The molecule has 0 atom stereocenters. The molecule has 0 aromatic rings. The average Bonchev–Trinajstić information content (AvgIpc) is 3.02. The Kier molecular flexibility index (Phi) is 4.44. The van der Waals surface area contributed by atoms with Crippen LogP contribution in [0.2, 0.25) is 0 Å². The first-order valence-corrected chi connectivity index (χ1v) is 10.3. The van der Waals surface area contributed by atoms with Gasteiger partial charge in [0.2, 0.25) is 0 Å². The van der Waals surface area contributed by atoms with Crippen molar-refractivity contribution in [1.82, 2.24) is 0 Å². The largest absolute Gasteiger partial charge is 0.290 e. The Balaban J connectivity index is 1.86. The van der Waals surface area contributed by atoms with Crippen molar-refractivity contribution in [2.45, 2.75) is 13.8 Å². The van der Waals surface area contributed by atoms with E-state index in [4.69, 9.17) is 0 Å². The van der Waals surface area contributed by atoms with E-state index in [1.54, 1.807) is 12.2 Å². The molecule has 5 aliphatic carbocycles. The van der Waals surface area contributed by atoms with Gasteiger partial charge >= 0.3 is 0 Å². The summed E-state index contributed by atoms with van der Waals surface area (Å²) in [6.07, 6.45) is 7.22. The van der Waals surface area contributed by atoms with Crippen LogP contribution in [0, 0.1) is 13.8 Å². The smallest absolute Gasteiger partial charge is 0.178 e. The van der Waals surface area contributed by atoms with Crippen LogP contribution in [-0.4, -0.2) is 5.78 Å². The topological polar surface area (TPSA) is 17.1 Å². The molecule has 1 heteroatoms. The molecule has 0 aromatic carbocycles. The lowest BCUT2D eigenvalue weighted by Gasteiger charge is -2.14. The van der Waals surface area contributed by atoms with E-state index < -0.39 is 0 Å². The zero-order chi connectivity index (χ0) is 20.7. The minimum atomic E-state index is 0.0305. The summed E-state index contributed by atoms with van der Waals surface area (Å²) in [7, 11) is 0. The van der Waals surface area contributed by atoms with Gasteiger partial charge in [0.05, 0.1) is 0 Å². The summed E-state index contributed by atoms with van der Waals surface area (Å²) in [4.78, 5) is 11.8. The molecule has 1 nitrogen and oxygen atoms in total. The highest BCUT2D eigenvalue weighted by atomic mass is 16.1. The van der Waals surface area contributed by atoms with E-state index in [0.717, 1.165) is 5.57 Å². The number of hydrogen-bond donors (Lipinski definition) is 0. The van der Waals surface area contributed by atoms with Gasteiger partial charge < -0.3 is 0 Å². The second-order valence-electron chi connectivity index (χ2n) is 7.86. The molecule has 0 spiro atoms. The summed E-state index contributed by atoms with van der Waals surface area (Å²) in [5.74, 6) is 0.0305. The van der Waals surface area contributed by atoms with Gasteiger partial charge in [-0.3, -0.25) is 4.79 Å². The second-order valence-corrected chi connectivity index (χ2v) is 7.86. The summed E-state index contributed by atoms with van der Waals surface area (Å²) < 4.78 is 0. The number of ketones is 1. The molecule has 0 bridgehead atoms. The van der Waals surface area contributed by atoms with Crippen molar-refractivity contribution in [2.24, 2.45) is 0 Å². The molecule has 5 rings (SSSR count). The molecule has 0 unspecified atom stereocenters. The number of rotatable bonds is 2. The summed E-state index contributed by atoms with van der Waals surface area (Å²) in [6.45, 7) is 4.33. The molecule has 0 aliphatic heterocycles. The Morgan fingerprint density at radius 3 is 1.47 bits per heavy atom. The average molecular weight is 386 g/mol. The monoisotopic (exact) mass is 386 g/mol. The lowest BCUT2D eigenvalue weighted by Crippen LogP contribution is -1.97. The molecule has 5 aliphatic rings. The van der Waals surface area contributed by atoms with Crippen LogP contribution in [0.3, 0.4) is 0 Å². The van der Waals surface area contributed by atoms with Crippen LogP contribution in [0.4, 0.5) is 0 Å². The first-order chi connectivity index (χ1) is 14.6. The van der Waals surface area contributed by atoms with Crippen LogP contribution in [0.1, 0.15) is 22.3 Å². The van der Waals surface area contributed by atoms with Crippen molar-refractivity contribution in [2.75, 3.05) is 0 Å². The maximum absolute atomic E-state index is 11.8. The van der Waals surface area contributed by atoms with Gasteiger partial charge in [-0.1, -0.05) is 84.9 Å². The van der Waals surface area contributed by atoms with Crippen LogP contribution < -0.4 is 0 Å². The number of carbonyl (C=O) groups excluding carboxylic acids is 1. The van der Waals surface area contributed by atoms with Crippen LogP contribution in [-0.2, 0) is 4.79 Å². The molecule has 0 heterocycles. The summed E-state index contributed by atoms with van der Waals surface area (Å²) in [5, 5.41) is 0. The first kappa shape index (κ1) is 18.3. The molecule has 30 heavy (non-hydrogen) atoms. The standard InChI is InChI=1S/C29H22O/c1-19-17-27(25-11-7-3-5-9-23(19)25)29(21-13-15-22(30)16-14-21)28-18-20(2)24-10-6-4-8-12-26(24)28/h3-18H,1-2H3. The van der Waals surface area contributed by atoms with Gasteiger partial charge in [-0.2, -0.15) is 0 Å². The molecular formula is C29H22O. The number of hydrogen-bond acceptors (Lipinski definition) is 1. The minimum Gasteiger partial charge on any atom is -0.290 e. The fourth-order valence-corrected chi connectivity index (χ4v) is 4.49. The fourth-order valence-electron chi connectivity index (χ4n) is 4.49. The van der Waals surface area contributed by atoms with Crippen molar-refractivity contribution in [3.8, 4) is 22.3 Å². The highest BCUT2D eigenvalue weighted by molar-refractivity contribution is 6.05. The van der Waals surface area contributed by atoms with E-state index in [1.807, 2.05) is 12.2 Å². The van der Waals surface area contributed by atoms with Crippen molar-refractivity contribution in [1.29, 1.82) is 0 Å². The number of carbonyl (C=O) groups is 1. The molecule has 0 amide bonds. The van der Waals surface area contributed by atoms with E-state index in [9.17, 15) is 4.79 Å². The normalized spacial score (nSPS) is 13.4. The van der Waals surface area contributed by atoms with Crippen LogP contribution in [0.25, 0.3) is 27.8 Å². The van der Waals surface area contributed by atoms with Gasteiger partial charge in [-0.05, 0) is 81.7 Å². The Bertz CT molecular complexity index is 1220. The molecule has 0 radical (unpaired) electrons. The Hall–Kier alpha value is -3.71. The van der Waals surface area contributed by atoms with Gasteiger partial charge in [0.1, 0.15) is 0 Å². The summed E-state index contributed by atoms with van der Waals surface area (Å²) >= 11 is 0. The van der Waals surface area contributed by atoms with E-state index in [2.05, 4.69) is 86.6 Å². The predicted octanol–water partition coefficient (Wildman–Crippen LogP) is 7.01. The van der Waals surface area contributed by atoms with Crippen molar-refractivity contribution in [3.63, 3.8) is 0 Å². The summed E-state index contributed by atoms with van der Waals surface area (Å²) in [6, 6.07) is 25.8. The van der Waals surface area contributed by atoms with E-state index >= 15 is 0 Å². The molecule has 0 saturated carbocycles. The third-order valence-electron chi connectivity index (χ3n) is 5.91. The lowest BCUT2D eigenvalue weighted by molar-refractivity contribution is -0.110. The predicted molar refractivity (Wildman–Crippen MR) is 125 cm³/mol. The molecule has 0 fully saturated rings. The van der Waals surface area contributed by atoms with Gasteiger partial charge in [0.15, 0.2) is 5.78 Å². The molecule has 0 saturated heterocycles. The first-order valence-electron chi connectivity index (χ1n) is 10.3. The van der Waals surface area contributed by atoms with Gasteiger partial charge in [0.25, 0.3) is 0 Å². The maximum Gasteiger partial charge on any atom is 0.178 e. The molecule has 0 N–H and O–H groups in total. The third kappa shape index (κ3) is 3.00. The SMILES string of the molecule is Cc1cc(C(=C2C=CC(=O)C=C2)c2cc(C)c3cccccc2-3)c2cccccc1-2. The van der Waals surface area contributed by atoms with Gasteiger partial charge in [0, 0.05) is 0 Å². The van der Waals surface area contributed by atoms with Gasteiger partial charge in [-0.25, -0.2) is 0 Å². The molecule has 0 aromatic heterocycles. The Morgan fingerprint density at radius 1 is 0.567 bits per heavy atom. The third-order valence-corrected chi connectivity index (χ3v) is 5.91. The quantitative estimate of drug-likeness (QED) is 0.362. The van der Waals surface area contributed by atoms with Crippen molar-refractivity contribution >= 4 is 11.4 Å². The Morgan fingerprint density at radius 2 is 1.00 bits per heavy atom. The molecule has 144 valence electrons. The second kappa shape index (κ2) is 7.27. The van der Waals surface area contributed by atoms with Crippen molar-refractivity contribution < 1.29 is 4.79 Å². The lowest BCUT2D eigenvalue weighted by atomic mass is 9.89. The van der Waals surface area contributed by atoms with E-state index in [-0.39, 0.29) is 5.78 Å². The highest BCUT2D eigenvalue weighted by Crippen LogP contribution is 2.45. The zero-order valence-corrected chi connectivity index (χ0v) is 17.1. The van der Waals surface area contributed by atoms with E-state index in [0.29, 0.717) is 0 Å².